The summed E-state index contributed by atoms with van der Waals surface area (Å²) < 4.78 is 175. The summed E-state index contributed by atoms with van der Waals surface area (Å²) in [5.41, 5.74) is 11.7. The van der Waals surface area contributed by atoms with Crippen LogP contribution in [0.3, 0.4) is 0 Å². The number of ether oxygens (including phenoxy) is 3. The molecular weight excluding hydrogens is 1640 g/mol. The lowest BCUT2D eigenvalue weighted by atomic mass is 9.85. The van der Waals surface area contributed by atoms with Crippen molar-refractivity contribution in [2.75, 3.05) is 21.1 Å². The maximum Gasteiger partial charge on any atom is 0.307 e. The van der Waals surface area contributed by atoms with Crippen LogP contribution >= 0.6 is 0 Å². The van der Waals surface area contributed by atoms with Gasteiger partial charge in [-0.15, -0.1) is 0 Å². The van der Waals surface area contributed by atoms with Crippen molar-refractivity contribution in [2.45, 2.75) is 302 Å². The van der Waals surface area contributed by atoms with E-state index in [1.54, 1.807) is 0 Å². The van der Waals surface area contributed by atoms with E-state index < -0.39 is 97.7 Å². The van der Waals surface area contributed by atoms with E-state index in [0.717, 1.165) is 141 Å². The third-order valence-electron chi connectivity index (χ3n) is 21.0. The fourth-order valence-electron chi connectivity index (χ4n) is 14.8. The van der Waals surface area contributed by atoms with Crippen molar-refractivity contribution in [2.24, 2.45) is 5.14 Å². The Morgan fingerprint density at radius 1 is 0.364 bits per heavy atom. The van der Waals surface area contributed by atoms with Gasteiger partial charge in [-0.05, 0) is 233 Å². The molecule has 118 heavy (non-hydrogen) atoms. The number of primary sulfonamides is 1. The molecular formula is C84H122N6O22S6. The van der Waals surface area contributed by atoms with Crippen LogP contribution in [0.25, 0.3) is 0 Å². The van der Waals surface area contributed by atoms with Gasteiger partial charge in [-0.1, -0.05) is 158 Å². The van der Waals surface area contributed by atoms with E-state index in [4.69, 9.17) is 24.5 Å². The van der Waals surface area contributed by atoms with E-state index in [9.17, 15) is 80.2 Å². The summed E-state index contributed by atoms with van der Waals surface area (Å²) >= 11 is 0. The number of nitrogens with two attached hydrogens (primary N) is 1. The third kappa shape index (κ3) is 28.0. The Morgan fingerprint density at radius 3 is 0.805 bits per heavy atom. The van der Waals surface area contributed by atoms with E-state index in [1.807, 2.05) is 79.7 Å². The van der Waals surface area contributed by atoms with Gasteiger partial charge in [0.2, 0.25) is 51.9 Å². The van der Waals surface area contributed by atoms with Gasteiger partial charge in [-0.25, -0.2) is 79.3 Å². The van der Waals surface area contributed by atoms with E-state index in [1.165, 1.54) is 78.1 Å². The molecule has 11 N–H and O–H groups in total. The first kappa shape index (κ1) is 99.8. The molecule has 3 aliphatic carbocycles. The molecule has 3 aliphatic rings. The number of aliphatic carboxylic acids is 1. The van der Waals surface area contributed by atoms with Crippen molar-refractivity contribution < 1.29 is 99.5 Å². The molecule has 0 unspecified atom stereocenters. The average Bonchev–Trinajstić information content (AvgIpc) is 0.973. The molecule has 6 aromatic rings. The maximum absolute atomic E-state index is 13.1. The van der Waals surface area contributed by atoms with Crippen LogP contribution in [0.1, 0.15) is 279 Å². The number of rotatable bonds is 35. The van der Waals surface area contributed by atoms with Crippen molar-refractivity contribution in [3.8, 4) is 0 Å². The number of carbonyl (C=O) groups is 3. The fourth-order valence-corrected chi connectivity index (χ4v) is 20.2. The van der Waals surface area contributed by atoms with Crippen LogP contribution in [0.5, 0.6) is 0 Å². The number of aliphatic hydroxyl groups excluding tert-OH is 3. The van der Waals surface area contributed by atoms with Gasteiger partial charge in [0.25, 0.3) is 20.0 Å². The Balaban J connectivity index is 0.000000256. The Morgan fingerprint density at radius 2 is 0.593 bits per heavy atom. The standard InChI is InChI=1S/2C28H40N2O7S2.C20H30O3.C8H12N2O5S2/c2*1-18(2)24-12-20(17-37-22-8-6-7-9-22)13-25(19(3)4)26(24)15-28(32)30-39(35,36)27-11-10-23(14-21(27)16-31)38(33,34)29-5;1-13(2)17-9-15(12-23-16-7-5-6-8-16)10-18(14(3)4)19(17)11-20(21)22;1-10-17(14,15)7-2-3-8(16(9,12)13)6(4-7)5-11/h2*10-14,18-19,22,29,31H,6-9,15-17H2,1-5H3,(H,30,32);9-10,13-14,16H,5-8,11-12H2,1-4H3,(H,21,22);2-4,10-11H,5H2,1H3,(H2,9,12,13). The van der Waals surface area contributed by atoms with E-state index >= 15 is 0 Å². The summed E-state index contributed by atoms with van der Waals surface area (Å²) in [6.07, 6.45) is 14.7. The van der Waals surface area contributed by atoms with Gasteiger partial charge in [-0.2, -0.15) is 0 Å². The minimum absolute atomic E-state index is 0.0659. The number of hydrogen-bond donors (Lipinski definition) is 10. The number of hydrogen-bond acceptors (Lipinski definition) is 21. The van der Waals surface area contributed by atoms with E-state index in [0.29, 0.717) is 37.8 Å². The first-order valence-electron chi connectivity index (χ1n) is 39.9. The molecule has 2 amide bonds. The molecule has 0 spiro atoms. The van der Waals surface area contributed by atoms with Gasteiger partial charge in [0.15, 0.2) is 0 Å². The fraction of sp³-hybridized carbons (Fsp3) is 0.536. The molecule has 0 aliphatic heterocycles. The second-order valence-electron chi connectivity index (χ2n) is 31.8. The van der Waals surface area contributed by atoms with Crippen molar-refractivity contribution in [3.63, 3.8) is 0 Å². The lowest BCUT2D eigenvalue weighted by Crippen LogP contribution is -2.33. The van der Waals surface area contributed by atoms with Gasteiger partial charge < -0.3 is 34.6 Å². The van der Waals surface area contributed by atoms with Crippen LogP contribution in [0.15, 0.2) is 120 Å². The van der Waals surface area contributed by atoms with Gasteiger partial charge >= 0.3 is 5.97 Å². The number of carboxylic acid groups (broad SMARTS) is 1. The van der Waals surface area contributed by atoms with Crippen molar-refractivity contribution in [3.05, 3.63) is 174 Å². The van der Waals surface area contributed by atoms with E-state index in [-0.39, 0.29) is 101 Å². The first-order valence-corrected chi connectivity index (χ1v) is 48.8. The second kappa shape index (κ2) is 44.2. The molecule has 0 heterocycles. The third-order valence-corrected chi connectivity index (χ3v) is 29.2. The lowest BCUT2D eigenvalue weighted by Gasteiger charge is -2.22. The molecule has 34 heteroatoms. The predicted octanol–water partition coefficient (Wildman–Crippen LogP) is 11.4. The monoisotopic (exact) mass is 1760 g/mol. The van der Waals surface area contributed by atoms with Crippen LogP contribution < -0.4 is 28.7 Å². The van der Waals surface area contributed by atoms with Crippen molar-refractivity contribution in [1.82, 2.24) is 23.6 Å². The zero-order chi connectivity index (χ0) is 88.2. The number of amides is 2. The van der Waals surface area contributed by atoms with Gasteiger partial charge in [0, 0.05) is 0 Å². The molecule has 656 valence electrons. The first-order chi connectivity index (χ1) is 55.2. The smallest absolute Gasteiger partial charge is 0.307 e. The van der Waals surface area contributed by atoms with Crippen LogP contribution in [0.4, 0.5) is 0 Å². The quantitative estimate of drug-likeness (QED) is 0.0177. The minimum atomic E-state index is -4.38. The van der Waals surface area contributed by atoms with Crippen LogP contribution in [-0.4, -0.2) is 128 Å². The Kier molecular flexibility index (Phi) is 37.4. The molecule has 0 bridgehead atoms. The van der Waals surface area contributed by atoms with Gasteiger partial charge in [0.1, 0.15) is 0 Å². The largest absolute Gasteiger partial charge is 0.481 e. The SMILES string of the molecule is CC(C)c1cc(COC2CCCC2)cc(C(C)C)c1CC(=O)O.CNS(=O)(=O)c1ccc(S(=O)(=O)NC(=O)Cc2c(C(C)C)cc(COC3CCCC3)cc2C(C)C)c(CO)c1.CNS(=O)(=O)c1ccc(S(=O)(=O)NC(=O)Cc2c(C(C)C)cc(COC3CCCC3)cc2C(C)C)c(CO)c1.CNS(=O)(=O)c1ccc(S(N)(=O)=O)c(CO)c1. The summed E-state index contributed by atoms with van der Waals surface area (Å²) in [5.74, 6) is -1.20. The minimum Gasteiger partial charge on any atom is -0.481 e. The van der Waals surface area contributed by atoms with Crippen LogP contribution in [0, 0.1) is 0 Å². The molecule has 9 rings (SSSR count). The van der Waals surface area contributed by atoms with Crippen molar-refractivity contribution >= 4 is 77.9 Å². The highest BCUT2D eigenvalue weighted by molar-refractivity contribution is 7.91. The predicted molar refractivity (Wildman–Crippen MR) is 452 cm³/mol. The molecule has 3 saturated carbocycles. The second-order valence-corrected chi connectivity index (χ2v) is 42.3. The molecule has 0 aromatic heterocycles. The molecule has 28 nitrogen and oxygen atoms in total. The van der Waals surface area contributed by atoms with Crippen molar-refractivity contribution in [1.29, 1.82) is 0 Å². The van der Waals surface area contributed by atoms with Gasteiger partial charge in [-0.3, -0.25) is 14.4 Å². The lowest BCUT2D eigenvalue weighted by molar-refractivity contribution is -0.136. The molecule has 0 atom stereocenters. The number of nitrogens with one attached hydrogen (secondary N) is 5. The molecule has 3 fully saturated rings. The normalized spacial score (nSPS) is 14.7. The number of benzene rings is 6. The van der Waals surface area contributed by atoms with Crippen LogP contribution in [-0.2, 0) is 148 Å². The summed E-state index contributed by atoms with van der Waals surface area (Å²) in [6.45, 7) is 24.4. The highest BCUT2D eigenvalue weighted by atomic mass is 32.2. The zero-order valence-corrected chi connectivity index (χ0v) is 75.3. The van der Waals surface area contributed by atoms with E-state index in [2.05, 4.69) is 63.4 Å². The highest BCUT2D eigenvalue weighted by Gasteiger charge is 2.31. The Labute approximate surface area is 699 Å². The van der Waals surface area contributed by atoms with Gasteiger partial charge in [0.05, 0.1) is 107 Å². The zero-order valence-electron chi connectivity index (χ0n) is 70.4. The highest BCUT2D eigenvalue weighted by Crippen LogP contribution is 2.37. The molecule has 6 aromatic carbocycles. The average molecular weight is 1760 g/mol. The number of sulfonamides is 6. The summed E-state index contributed by atoms with van der Waals surface area (Å²) in [5, 5.41) is 42.7. The summed E-state index contributed by atoms with van der Waals surface area (Å²) in [7, 11) is -20.5. The Hall–Kier alpha value is -6.97. The number of carboxylic acids is 1. The molecule has 0 saturated heterocycles. The summed E-state index contributed by atoms with van der Waals surface area (Å²) in [4.78, 5) is 36.0. The Bertz CT molecular complexity index is 4890. The topological polar surface area (TPSA) is 451 Å². The number of aliphatic hydroxyl groups is 3. The summed E-state index contributed by atoms with van der Waals surface area (Å²) in [6, 6.07) is 22.2. The number of carbonyl (C=O) groups excluding carboxylic acids is 2. The maximum atomic E-state index is 13.1. The molecule has 0 radical (unpaired) electrons. The van der Waals surface area contributed by atoms with Crippen LogP contribution in [0.2, 0.25) is 0 Å².